The molecule has 2 heteroatoms. The summed E-state index contributed by atoms with van der Waals surface area (Å²) < 4.78 is 0. The number of carbonyl (C=O) groups is 2. The first kappa shape index (κ1) is 10.3. The molecule has 64 valence electrons. The van der Waals surface area contributed by atoms with Crippen molar-refractivity contribution in [3.63, 3.8) is 0 Å². The molecule has 0 spiro atoms. The zero-order chi connectivity index (χ0) is 9.07. The molecule has 0 aromatic rings. The van der Waals surface area contributed by atoms with E-state index in [0.717, 1.165) is 6.29 Å². The molecular formula is C9H16O2. The Balaban J connectivity index is 4.28. The fraction of sp³-hybridized carbons (Fsp3) is 0.778. The fourth-order valence-corrected chi connectivity index (χ4v) is 0.786. The van der Waals surface area contributed by atoms with Gasteiger partial charge in [-0.1, -0.05) is 20.8 Å². The number of Topliss-reactive ketones (excluding diaryl/α,β-unsaturated/α-hetero) is 1. The summed E-state index contributed by atoms with van der Waals surface area (Å²) in [4.78, 5) is 21.2. The third kappa shape index (κ3) is 2.45. The van der Waals surface area contributed by atoms with Crippen molar-refractivity contribution in [2.24, 2.45) is 11.3 Å². The SMILES string of the molecule is CC(=O)C(C)(C)C(C)CC=O. The molecule has 0 aliphatic rings. The van der Waals surface area contributed by atoms with Crippen LogP contribution in [0.1, 0.15) is 34.1 Å². The lowest BCUT2D eigenvalue weighted by molar-refractivity contribution is -0.127. The number of hydrogen-bond acceptors (Lipinski definition) is 2. The van der Waals surface area contributed by atoms with Gasteiger partial charge in [0.15, 0.2) is 0 Å². The molecule has 0 saturated heterocycles. The topological polar surface area (TPSA) is 34.1 Å². The monoisotopic (exact) mass is 156 g/mol. The second-order valence-electron chi connectivity index (χ2n) is 3.58. The fourth-order valence-electron chi connectivity index (χ4n) is 0.786. The average Bonchev–Trinajstić information content (AvgIpc) is 1.88. The van der Waals surface area contributed by atoms with Gasteiger partial charge < -0.3 is 4.79 Å². The van der Waals surface area contributed by atoms with Gasteiger partial charge in [-0.05, 0) is 12.8 Å². The van der Waals surface area contributed by atoms with Gasteiger partial charge >= 0.3 is 0 Å². The Morgan fingerprint density at radius 2 is 2.00 bits per heavy atom. The molecule has 0 bridgehead atoms. The van der Waals surface area contributed by atoms with E-state index in [1.165, 1.54) is 0 Å². The van der Waals surface area contributed by atoms with E-state index in [0.29, 0.717) is 6.42 Å². The lowest BCUT2D eigenvalue weighted by Gasteiger charge is -2.27. The number of hydrogen-bond donors (Lipinski definition) is 0. The summed E-state index contributed by atoms with van der Waals surface area (Å²) in [6.45, 7) is 7.25. The Labute approximate surface area is 68.0 Å². The minimum atomic E-state index is -0.360. The van der Waals surface area contributed by atoms with Crippen LogP contribution in [-0.2, 0) is 9.59 Å². The summed E-state index contributed by atoms with van der Waals surface area (Å²) in [7, 11) is 0. The van der Waals surface area contributed by atoms with Crippen molar-refractivity contribution >= 4 is 12.1 Å². The first-order valence-electron chi connectivity index (χ1n) is 3.87. The van der Waals surface area contributed by atoms with Gasteiger partial charge in [0.05, 0.1) is 0 Å². The number of rotatable bonds is 4. The maximum atomic E-state index is 11.1. The Morgan fingerprint density at radius 3 is 2.27 bits per heavy atom. The number of aldehydes is 1. The van der Waals surface area contributed by atoms with Gasteiger partial charge in [-0.15, -0.1) is 0 Å². The summed E-state index contributed by atoms with van der Waals surface area (Å²) in [5.41, 5.74) is -0.360. The molecule has 1 atom stereocenters. The van der Waals surface area contributed by atoms with E-state index in [4.69, 9.17) is 0 Å². The predicted molar refractivity (Wildman–Crippen MR) is 44.3 cm³/mol. The minimum absolute atomic E-state index is 0.137. The molecule has 0 saturated carbocycles. The van der Waals surface area contributed by atoms with E-state index in [1.54, 1.807) is 6.92 Å². The number of carbonyl (C=O) groups excluding carboxylic acids is 2. The molecular weight excluding hydrogens is 140 g/mol. The van der Waals surface area contributed by atoms with Crippen molar-refractivity contribution in [2.45, 2.75) is 34.1 Å². The molecule has 0 fully saturated rings. The zero-order valence-corrected chi connectivity index (χ0v) is 7.68. The second kappa shape index (κ2) is 3.65. The third-order valence-electron chi connectivity index (χ3n) is 2.59. The van der Waals surface area contributed by atoms with Crippen LogP contribution >= 0.6 is 0 Å². The van der Waals surface area contributed by atoms with Gasteiger partial charge in [-0.25, -0.2) is 0 Å². The third-order valence-corrected chi connectivity index (χ3v) is 2.59. The van der Waals surface area contributed by atoms with E-state index in [-0.39, 0.29) is 17.1 Å². The molecule has 11 heavy (non-hydrogen) atoms. The van der Waals surface area contributed by atoms with Crippen LogP contribution in [0.5, 0.6) is 0 Å². The highest BCUT2D eigenvalue weighted by Crippen LogP contribution is 2.29. The van der Waals surface area contributed by atoms with Crippen molar-refractivity contribution in [3.8, 4) is 0 Å². The summed E-state index contributed by atoms with van der Waals surface area (Å²) in [5, 5.41) is 0. The Bertz CT molecular complexity index is 159. The van der Waals surface area contributed by atoms with Crippen molar-refractivity contribution in [3.05, 3.63) is 0 Å². The zero-order valence-electron chi connectivity index (χ0n) is 7.68. The first-order valence-corrected chi connectivity index (χ1v) is 3.87. The summed E-state index contributed by atoms with van der Waals surface area (Å²) in [6, 6.07) is 0. The van der Waals surface area contributed by atoms with E-state index >= 15 is 0 Å². The first-order chi connectivity index (χ1) is 4.92. The lowest BCUT2D eigenvalue weighted by atomic mass is 9.75. The number of ketones is 1. The molecule has 2 nitrogen and oxygen atoms in total. The highest BCUT2D eigenvalue weighted by atomic mass is 16.1. The molecule has 0 aliphatic heterocycles. The highest BCUT2D eigenvalue weighted by Gasteiger charge is 2.29. The van der Waals surface area contributed by atoms with Gasteiger partial charge in [0.2, 0.25) is 0 Å². The van der Waals surface area contributed by atoms with Gasteiger partial charge in [-0.3, -0.25) is 4.79 Å². The Kier molecular flexibility index (Phi) is 3.43. The standard InChI is InChI=1S/C9H16O2/c1-7(5-6-10)9(3,4)8(2)11/h6-7H,5H2,1-4H3. The van der Waals surface area contributed by atoms with Crippen molar-refractivity contribution in [2.75, 3.05) is 0 Å². The normalized spacial score (nSPS) is 14.2. The van der Waals surface area contributed by atoms with Crippen LogP contribution < -0.4 is 0 Å². The Morgan fingerprint density at radius 1 is 1.55 bits per heavy atom. The van der Waals surface area contributed by atoms with Crippen LogP contribution in [0, 0.1) is 11.3 Å². The summed E-state index contributed by atoms with van der Waals surface area (Å²) in [5.74, 6) is 0.282. The summed E-state index contributed by atoms with van der Waals surface area (Å²) >= 11 is 0. The van der Waals surface area contributed by atoms with Crippen molar-refractivity contribution in [1.82, 2.24) is 0 Å². The van der Waals surface area contributed by atoms with Gasteiger partial charge in [0.1, 0.15) is 12.1 Å². The minimum Gasteiger partial charge on any atom is -0.303 e. The summed E-state index contributed by atoms with van der Waals surface area (Å²) in [6.07, 6.45) is 1.34. The average molecular weight is 156 g/mol. The molecule has 0 radical (unpaired) electrons. The largest absolute Gasteiger partial charge is 0.303 e. The van der Waals surface area contributed by atoms with E-state index in [2.05, 4.69) is 0 Å². The van der Waals surface area contributed by atoms with Crippen LogP contribution in [0.15, 0.2) is 0 Å². The molecule has 0 aromatic heterocycles. The van der Waals surface area contributed by atoms with E-state index < -0.39 is 0 Å². The molecule has 0 rings (SSSR count). The van der Waals surface area contributed by atoms with Gasteiger partial charge in [0, 0.05) is 11.8 Å². The van der Waals surface area contributed by atoms with E-state index in [9.17, 15) is 9.59 Å². The molecule has 0 N–H and O–H groups in total. The lowest BCUT2D eigenvalue weighted by Crippen LogP contribution is -2.29. The van der Waals surface area contributed by atoms with Crippen molar-refractivity contribution < 1.29 is 9.59 Å². The maximum Gasteiger partial charge on any atom is 0.135 e. The molecule has 0 heterocycles. The molecule has 1 unspecified atom stereocenters. The quantitative estimate of drug-likeness (QED) is 0.582. The van der Waals surface area contributed by atoms with Crippen LogP contribution in [0.2, 0.25) is 0 Å². The Hall–Kier alpha value is -0.660. The predicted octanol–water partition coefficient (Wildman–Crippen LogP) is 1.83. The molecule has 0 aliphatic carbocycles. The second-order valence-corrected chi connectivity index (χ2v) is 3.58. The smallest absolute Gasteiger partial charge is 0.135 e. The van der Waals surface area contributed by atoms with Crippen LogP contribution in [-0.4, -0.2) is 12.1 Å². The van der Waals surface area contributed by atoms with Crippen LogP contribution in [0.3, 0.4) is 0 Å². The molecule has 0 amide bonds. The van der Waals surface area contributed by atoms with Crippen LogP contribution in [0.4, 0.5) is 0 Å². The molecule has 0 aromatic carbocycles. The maximum absolute atomic E-state index is 11.1. The van der Waals surface area contributed by atoms with Crippen LogP contribution in [0.25, 0.3) is 0 Å². The van der Waals surface area contributed by atoms with Crippen molar-refractivity contribution in [1.29, 1.82) is 0 Å². The van der Waals surface area contributed by atoms with Gasteiger partial charge in [0.25, 0.3) is 0 Å². The van der Waals surface area contributed by atoms with Gasteiger partial charge in [-0.2, -0.15) is 0 Å². The highest BCUT2D eigenvalue weighted by molar-refractivity contribution is 5.82. The van der Waals surface area contributed by atoms with E-state index in [1.807, 2.05) is 20.8 Å².